The standard InChI is InChI=1S/C15H14N8O2/c1-21-13-11(14(24)22(2)15(21)25)23(8-16-13)7-9-3-5-10(6-4-9)12-17-19-20-18-12/h3-6,8H,7H2,1-2H3,(H,17,18,19,20). The second kappa shape index (κ2) is 5.51. The van der Waals surface area contributed by atoms with Gasteiger partial charge in [0.05, 0.1) is 6.33 Å². The summed E-state index contributed by atoms with van der Waals surface area (Å²) in [5.41, 5.74) is 1.82. The van der Waals surface area contributed by atoms with Crippen molar-refractivity contribution < 1.29 is 0 Å². The lowest BCUT2D eigenvalue weighted by Gasteiger charge is -2.07. The first-order valence-electron chi connectivity index (χ1n) is 7.50. The van der Waals surface area contributed by atoms with Crippen molar-refractivity contribution in [3.63, 3.8) is 0 Å². The van der Waals surface area contributed by atoms with Crippen LogP contribution in [0.4, 0.5) is 0 Å². The van der Waals surface area contributed by atoms with Gasteiger partial charge in [0.15, 0.2) is 11.2 Å². The van der Waals surface area contributed by atoms with E-state index in [0.29, 0.717) is 23.5 Å². The highest BCUT2D eigenvalue weighted by Crippen LogP contribution is 2.15. The molecule has 0 aliphatic carbocycles. The number of hydrogen-bond donors (Lipinski definition) is 1. The summed E-state index contributed by atoms with van der Waals surface area (Å²) in [6, 6.07) is 7.61. The zero-order chi connectivity index (χ0) is 17.6. The van der Waals surface area contributed by atoms with Crippen molar-refractivity contribution in [2.75, 3.05) is 0 Å². The van der Waals surface area contributed by atoms with Crippen molar-refractivity contribution in [3.05, 3.63) is 57.0 Å². The Labute approximate surface area is 140 Å². The van der Waals surface area contributed by atoms with Crippen LogP contribution >= 0.6 is 0 Å². The van der Waals surface area contributed by atoms with Gasteiger partial charge in [-0.05, 0) is 10.8 Å². The normalized spacial score (nSPS) is 11.3. The highest BCUT2D eigenvalue weighted by atomic mass is 16.2. The minimum absolute atomic E-state index is 0.362. The molecule has 0 atom stereocenters. The average molecular weight is 338 g/mol. The number of imidazole rings is 1. The third-order valence-corrected chi connectivity index (χ3v) is 4.13. The monoisotopic (exact) mass is 338 g/mol. The highest BCUT2D eigenvalue weighted by molar-refractivity contribution is 5.70. The number of rotatable bonds is 3. The molecular weight excluding hydrogens is 324 g/mol. The maximum Gasteiger partial charge on any atom is 0.332 e. The summed E-state index contributed by atoms with van der Waals surface area (Å²) >= 11 is 0. The number of nitrogens with zero attached hydrogens (tertiary/aromatic N) is 7. The minimum atomic E-state index is -0.396. The van der Waals surface area contributed by atoms with Gasteiger partial charge in [-0.3, -0.25) is 13.9 Å². The van der Waals surface area contributed by atoms with Crippen molar-refractivity contribution in [3.8, 4) is 11.4 Å². The van der Waals surface area contributed by atoms with Crippen LogP contribution in [0, 0.1) is 0 Å². The van der Waals surface area contributed by atoms with E-state index < -0.39 is 5.69 Å². The largest absolute Gasteiger partial charge is 0.332 e. The van der Waals surface area contributed by atoms with Crippen LogP contribution in [0.5, 0.6) is 0 Å². The molecule has 0 radical (unpaired) electrons. The molecule has 126 valence electrons. The molecule has 4 aromatic rings. The van der Waals surface area contributed by atoms with E-state index in [0.717, 1.165) is 15.7 Å². The fourth-order valence-electron chi connectivity index (χ4n) is 2.76. The molecule has 4 rings (SSSR count). The molecule has 0 unspecified atom stereocenters. The number of H-pyrrole nitrogens is 1. The maximum atomic E-state index is 12.4. The summed E-state index contributed by atoms with van der Waals surface area (Å²) in [7, 11) is 3.06. The van der Waals surface area contributed by atoms with Gasteiger partial charge in [0.2, 0.25) is 5.82 Å². The Kier molecular flexibility index (Phi) is 3.31. The van der Waals surface area contributed by atoms with E-state index in [1.807, 2.05) is 24.3 Å². The molecule has 25 heavy (non-hydrogen) atoms. The SMILES string of the molecule is Cn1c(=O)c2c(ncn2Cc2ccc(-c3nn[nH]n3)cc2)n(C)c1=O. The molecule has 3 heterocycles. The fourth-order valence-corrected chi connectivity index (χ4v) is 2.76. The summed E-state index contributed by atoms with van der Waals surface area (Å²) in [4.78, 5) is 28.6. The van der Waals surface area contributed by atoms with E-state index in [2.05, 4.69) is 25.6 Å². The predicted octanol–water partition coefficient (Wildman–Crippen LogP) is -0.338. The van der Waals surface area contributed by atoms with Crippen LogP contribution < -0.4 is 11.2 Å². The quantitative estimate of drug-likeness (QED) is 0.546. The number of aromatic amines is 1. The van der Waals surface area contributed by atoms with Gasteiger partial charge < -0.3 is 4.57 Å². The van der Waals surface area contributed by atoms with Crippen LogP contribution in [-0.4, -0.2) is 39.3 Å². The Hall–Kier alpha value is -3.56. The van der Waals surface area contributed by atoms with Gasteiger partial charge in [0.1, 0.15) is 0 Å². The molecule has 0 aliphatic heterocycles. The number of nitrogens with one attached hydrogen (secondary N) is 1. The van der Waals surface area contributed by atoms with Gasteiger partial charge in [-0.15, -0.1) is 10.2 Å². The summed E-state index contributed by atoms with van der Waals surface area (Å²) in [6.07, 6.45) is 1.57. The third-order valence-electron chi connectivity index (χ3n) is 4.13. The Bertz CT molecular complexity index is 1170. The van der Waals surface area contributed by atoms with Gasteiger partial charge in [0, 0.05) is 26.2 Å². The van der Waals surface area contributed by atoms with Gasteiger partial charge in [0.25, 0.3) is 5.56 Å². The first-order chi connectivity index (χ1) is 12.1. The van der Waals surface area contributed by atoms with E-state index in [9.17, 15) is 9.59 Å². The molecule has 10 nitrogen and oxygen atoms in total. The molecule has 0 spiro atoms. The lowest BCUT2D eigenvalue weighted by atomic mass is 10.1. The van der Waals surface area contributed by atoms with E-state index in [-0.39, 0.29) is 5.56 Å². The van der Waals surface area contributed by atoms with Crippen molar-refractivity contribution in [2.45, 2.75) is 6.54 Å². The highest BCUT2D eigenvalue weighted by Gasteiger charge is 2.14. The molecule has 0 bridgehead atoms. The summed E-state index contributed by atoms with van der Waals surface area (Å²) < 4.78 is 4.19. The number of aromatic nitrogens is 8. The minimum Gasteiger partial charge on any atom is -0.320 e. The number of aryl methyl sites for hydroxylation is 1. The Morgan fingerprint density at radius 1 is 1.08 bits per heavy atom. The second-order valence-corrected chi connectivity index (χ2v) is 5.68. The van der Waals surface area contributed by atoms with Crippen LogP contribution in [0.15, 0.2) is 40.2 Å². The van der Waals surface area contributed by atoms with Crippen LogP contribution in [0.1, 0.15) is 5.56 Å². The van der Waals surface area contributed by atoms with Gasteiger partial charge >= 0.3 is 5.69 Å². The zero-order valence-corrected chi connectivity index (χ0v) is 13.5. The molecule has 1 N–H and O–H groups in total. The molecule has 3 aromatic heterocycles. The smallest absolute Gasteiger partial charge is 0.320 e. The summed E-state index contributed by atoms with van der Waals surface area (Å²) in [5.74, 6) is 0.517. The van der Waals surface area contributed by atoms with Crippen LogP contribution in [0.3, 0.4) is 0 Å². The van der Waals surface area contributed by atoms with E-state index in [4.69, 9.17) is 0 Å². The van der Waals surface area contributed by atoms with E-state index in [1.54, 1.807) is 17.9 Å². The second-order valence-electron chi connectivity index (χ2n) is 5.68. The van der Waals surface area contributed by atoms with Gasteiger partial charge in [-0.2, -0.15) is 5.21 Å². The first kappa shape index (κ1) is 15.0. The lowest BCUT2D eigenvalue weighted by molar-refractivity contribution is 0.702. The molecule has 1 aromatic carbocycles. The van der Waals surface area contributed by atoms with Crippen LogP contribution in [-0.2, 0) is 20.6 Å². The fraction of sp³-hybridized carbons (Fsp3) is 0.200. The van der Waals surface area contributed by atoms with Crippen molar-refractivity contribution in [1.82, 2.24) is 39.3 Å². The molecular formula is C15H14N8O2. The van der Waals surface area contributed by atoms with Crippen LogP contribution in [0.2, 0.25) is 0 Å². The number of benzene rings is 1. The van der Waals surface area contributed by atoms with Crippen molar-refractivity contribution in [2.24, 2.45) is 14.1 Å². The molecule has 10 heteroatoms. The van der Waals surface area contributed by atoms with Gasteiger partial charge in [-0.25, -0.2) is 9.78 Å². The maximum absolute atomic E-state index is 12.4. The Morgan fingerprint density at radius 2 is 1.84 bits per heavy atom. The predicted molar refractivity (Wildman–Crippen MR) is 88.9 cm³/mol. The molecule has 0 amide bonds. The van der Waals surface area contributed by atoms with E-state index >= 15 is 0 Å². The molecule has 0 saturated heterocycles. The summed E-state index contributed by atoms with van der Waals surface area (Å²) in [5, 5.41) is 13.8. The van der Waals surface area contributed by atoms with E-state index in [1.165, 1.54) is 11.6 Å². The van der Waals surface area contributed by atoms with Crippen molar-refractivity contribution >= 4 is 11.2 Å². The van der Waals surface area contributed by atoms with Crippen molar-refractivity contribution in [1.29, 1.82) is 0 Å². The first-order valence-corrected chi connectivity index (χ1v) is 7.50. The number of hydrogen-bond acceptors (Lipinski definition) is 6. The molecule has 0 aliphatic rings. The molecule has 0 fully saturated rings. The topological polar surface area (TPSA) is 116 Å². The summed E-state index contributed by atoms with van der Waals surface area (Å²) in [6.45, 7) is 0.455. The Morgan fingerprint density at radius 3 is 2.52 bits per heavy atom. The average Bonchev–Trinajstić information content (AvgIpc) is 3.29. The van der Waals surface area contributed by atoms with Crippen LogP contribution in [0.25, 0.3) is 22.6 Å². The third kappa shape index (κ3) is 2.35. The zero-order valence-electron chi connectivity index (χ0n) is 13.5. The van der Waals surface area contributed by atoms with Gasteiger partial charge in [-0.1, -0.05) is 24.3 Å². The molecule has 0 saturated carbocycles. The Balaban J connectivity index is 1.74. The number of fused-ring (bicyclic) bond motifs is 1. The number of tetrazole rings is 1. The lowest BCUT2D eigenvalue weighted by Crippen LogP contribution is -2.37.